The molecule has 5 nitrogen and oxygen atoms in total. The molecule has 0 spiro atoms. The zero-order valence-electron chi connectivity index (χ0n) is 13.8. The van der Waals surface area contributed by atoms with E-state index in [0.717, 1.165) is 12.1 Å². The number of Topliss-reactive ketones (excluding diaryl/α,β-unsaturated/α-hetero) is 1. The molecule has 4 rings (SSSR count). The maximum atomic E-state index is 12.9. The summed E-state index contributed by atoms with van der Waals surface area (Å²) < 4.78 is 0. The Labute approximate surface area is 140 Å². The molecule has 3 aliphatic rings. The molecule has 2 heterocycles. The molecule has 5 heteroatoms. The second-order valence-corrected chi connectivity index (χ2v) is 7.38. The number of aromatic hydroxyl groups is 1. The van der Waals surface area contributed by atoms with Crippen LogP contribution < -0.4 is 4.90 Å². The van der Waals surface area contributed by atoms with Gasteiger partial charge in [-0.1, -0.05) is 26.0 Å². The zero-order valence-corrected chi connectivity index (χ0v) is 13.8. The topological polar surface area (TPSA) is 73.1 Å². The first kappa shape index (κ1) is 15.1. The summed E-state index contributed by atoms with van der Waals surface area (Å²) in [6, 6.07) is 6.70. The molecule has 2 N–H and O–H groups in total. The van der Waals surface area contributed by atoms with Crippen LogP contribution in [0, 0.1) is 5.41 Å². The maximum absolute atomic E-state index is 12.9. The third-order valence-corrected chi connectivity index (χ3v) is 4.97. The summed E-state index contributed by atoms with van der Waals surface area (Å²) in [6.45, 7) is 4.71. The molecular weight excluding hydrogens is 304 g/mol. The van der Waals surface area contributed by atoms with E-state index >= 15 is 0 Å². The van der Waals surface area contributed by atoms with E-state index in [1.165, 1.54) is 0 Å². The second kappa shape index (κ2) is 4.80. The van der Waals surface area contributed by atoms with Crippen molar-refractivity contribution in [3.63, 3.8) is 0 Å². The largest absolute Gasteiger partial charge is 0.508 e. The number of phenolic OH excluding ortho intramolecular Hbond substituents is 1. The van der Waals surface area contributed by atoms with Crippen LogP contribution in [-0.2, 0) is 4.79 Å². The Morgan fingerprint density at radius 3 is 2.62 bits per heavy atom. The highest BCUT2D eigenvalue weighted by atomic mass is 16.3. The van der Waals surface area contributed by atoms with Crippen molar-refractivity contribution < 1.29 is 15.0 Å². The number of aliphatic hydroxyl groups is 1. The number of anilines is 1. The molecule has 0 bridgehead atoms. The highest BCUT2D eigenvalue weighted by molar-refractivity contribution is 6.27. The van der Waals surface area contributed by atoms with Crippen molar-refractivity contribution in [3.8, 4) is 5.75 Å². The maximum Gasteiger partial charge on any atom is 0.204 e. The van der Waals surface area contributed by atoms with Crippen LogP contribution >= 0.6 is 0 Å². The molecule has 1 aromatic carbocycles. The van der Waals surface area contributed by atoms with Crippen LogP contribution in [0.4, 0.5) is 5.69 Å². The predicted octanol–water partition coefficient (Wildman–Crippen LogP) is 2.55. The smallest absolute Gasteiger partial charge is 0.204 e. The lowest BCUT2D eigenvalue weighted by atomic mass is 9.77. The van der Waals surface area contributed by atoms with Crippen LogP contribution in [0.2, 0.25) is 0 Å². The minimum Gasteiger partial charge on any atom is -0.508 e. The number of carbonyl (C=O) groups excluding carboxylic acids is 1. The van der Waals surface area contributed by atoms with Gasteiger partial charge in [-0.25, -0.2) is 4.99 Å². The summed E-state index contributed by atoms with van der Waals surface area (Å²) >= 11 is 0. The number of allylic oxidation sites excluding steroid dienone is 3. The molecule has 1 aliphatic carbocycles. The SMILES string of the molecule is CC1(C)C=C2N=C3N(c4ccc(O)cc4)CCC3(O)C(=O)C2=CC1. The quantitative estimate of drug-likeness (QED) is 0.833. The minimum absolute atomic E-state index is 0.0550. The third kappa shape index (κ3) is 2.12. The van der Waals surface area contributed by atoms with E-state index in [-0.39, 0.29) is 16.9 Å². The van der Waals surface area contributed by atoms with Crippen LogP contribution in [0.15, 0.2) is 52.7 Å². The van der Waals surface area contributed by atoms with Gasteiger partial charge in [0.25, 0.3) is 0 Å². The Hall–Kier alpha value is -2.40. The number of hydrogen-bond donors (Lipinski definition) is 2. The zero-order chi connectivity index (χ0) is 17.1. The number of rotatable bonds is 1. The van der Waals surface area contributed by atoms with Crippen molar-refractivity contribution in [2.24, 2.45) is 10.4 Å². The predicted molar refractivity (Wildman–Crippen MR) is 92.0 cm³/mol. The van der Waals surface area contributed by atoms with Gasteiger partial charge in [0.2, 0.25) is 5.78 Å². The minimum atomic E-state index is -1.55. The van der Waals surface area contributed by atoms with E-state index < -0.39 is 5.60 Å². The number of benzene rings is 1. The molecule has 1 aromatic rings. The molecule has 1 saturated heterocycles. The van der Waals surface area contributed by atoms with Crippen LogP contribution in [0.1, 0.15) is 26.7 Å². The average molecular weight is 324 g/mol. The average Bonchev–Trinajstić information content (AvgIpc) is 2.86. The lowest BCUT2D eigenvalue weighted by Crippen LogP contribution is -2.50. The first-order valence-electron chi connectivity index (χ1n) is 8.16. The first-order valence-corrected chi connectivity index (χ1v) is 8.16. The summed E-state index contributed by atoms with van der Waals surface area (Å²) in [6.07, 6.45) is 5.00. The van der Waals surface area contributed by atoms with E-state index in [4.69, 9.17) is 0 Å². The third-order valence-electron chi connectivity index (χ3n) is 4.97. The van der Waals surface area contributed by atoms with Crippen molar-refractivity contribution in [1.82, 2.24) is 0 Å². The summed E-state index contributed by atoms with van der Waals surface area (Å²) in [7, 11) is 0. The van der Waals surface area contributed by atoms with E-state index in [0.29, 0.717) is 30.1 Å². The van der Waals surface area contributed by atoms with Crippen molar-refractivity contribution >= 4 is 17.3 Å². The highest BCUT2D eigenvalue weighted by Gasteiger charge is 2.53. The summed E-state index contributed by atoms with van der Waals surface area (Å²) in [5, 5.41) is 20.5. The van der Waals surface area contributed by atoms with E-state index in [2.05, 4.69) is 18.8 Å². The lowest BCUT2D eigenvalue weighted by Gasteiger charge is -2.34. The number of ketones is 1. The van der Waals surface area contributed by atoms with Crippen LogP contribution in [-0.4, -0.2) is 34.0 Å². The molecule has 1 unspecified atom stereocenters. The number of nitrogens with zero attached hydrogens (tertiary/aromatic N) is 2. The number of aliphatic imine (C=N–C) groups is 1. The van der Waals surface area contributed by atoms with Crippen LogP contribution in [0.25, 0.3) is 0 Å². The molecular formula is C19H20N2O3. The van der Waals surface area contributed by atoms with Gasteiger partial charge in [0.05, 0.1) is 5.70 Å². The summed E-state index contributed by atoms with van der Waals surface area (Å²) in [4.78, 5) is 19.4. The Kier molecular flexibility index (Phi) is 3.03. The van der Waals surface area contributed by atoms with Crippen molar-refractivity contribution in [3.05, 3.63) is 47.7 Å². The molecule has 124 valence electrons. The monoisotopic (exact) mass is 324 g/mol. The van der Waals surface area contributed by atoms with Gasteiger partial charge < -0.3 is 15.1 Å². The normalized spacial score (nSPS) is 27.9. The lowest BCUT2D eigenvalue weighted by molar-refractivity contribution is -0.127. The standard InChI is InChI=1S/C19H20N2O3/c1-18(2)8-7-14-15(11-18)20-17-19(24,16(14)23)9-10-21(17)12-3-5-13(22)6-4-12/h3-7,11,22,24H,8-10H2,1-2H3. The van der Waals surface area contributed by atoms with Gasteiger partial charge in [-0.15, -0.1) is 0 Å². The van der Waals surface area contributed by atoms with Gasteiger partial charge in [-0.05, 0) is 36.1 Å². The fraction of sp³-hybridized carbons (Fsp3) is 0.368. The molecule has 0 amide bonds. The molecule has 0 radical (unpaired) electrons. The van der Waals surface area contributed by atoms with Crippen molar-refractivity contribution in [2.75, 3.05) is 11.4 Å². The van der Waals surface area contributed by atoms with E-state index in [1.54, 1.807) is 24.3 Å². The van der Waals surface area contributed by atoms with Crippen LogP contribution in [0.5, 0.6) is 5.75 Å². The van der Waals surface area contributed by atoms with E-state index in [9.17, 15) is 15.0 Å². The number of amidine groups is 1. The fourth-order valence-corrected chi connectivity index (χ4v) is 3.58. The molecule has 0 aromatic heterocycles. The molecule has 1 fully saturated rings. The number of hydrogen-bond acceptors (Lipinski definition) is 5. The molecule has 1 atom stereocenters. The summed E-state index contributed by atoms with van der Waals surface area (Å²) in [5.41, 5.74) is 0.386. The van der Waals surface area contributed by atoms with E-state index in [1.807, 2.05) is 17.1 Å². The second-order valence-electron chi connectivity index (χ2n) is 7.38. The molecule has 2 aliphatic heterocycles. The number of phenols is 1. The highest BCUT2D eigenvalue weighted by Crippen LogP contribution is 2.42. The van der Waals surface area contributed by atoms with Gasteiger partial charge >= 0.3 is 0 Å². The first-order chi connectivity index (χ1) is 11.3. The van der Waals surface area contributed by atoms with Crippen molar-refractivity contribution in [2.45, 2.75) is 32.3 Å². The van der Waals surface area contributed by atoms with Gasteiger partial charge in [-0.3, -0.25) is 4.79 Å². The van der Waals surface area contributed by atoms with Crippen LogP contribution in [0.3, 0.4) is 0 Å². The number of carbonyl (C=O) groups is 1. The fourth-order valence-electron chi connectivity index (χ4n) is 3.58. The summed E-state index contributed by atoms with van der Waals surface area (Å²) in [5.74, 6) is 0.312. The van der Waals surface area contributed by atoms with Gasteiger partial charge in [-0.2, -0.15) is 0 Å². The Balaban J connectivity index is 1.83. The van der Waals surface area contributed by atoms with Gasteiger partial charge in [0, 0.05) is 24.2 Å². The van der Waals surface area contributed by atoms with Gasteiger partial charge in [0.15, 0.2) is 5.60 Å². The Bertz CT molecular complexity index is 818. The van der Waals surface area contributed by atoms with Crippen molar-refractivity contribution in [1.29, 1.82) is 0 Å². The molecule has 0 saturated carbocycles. The Morgan fingerprint density at radius 2 is 1.92 bits per heavy atom. The number of fused-ring (bicyclic) bond motifs is 2. The van der Waals surface area contributed by atoms with Gasteiger partial charge in [0.1, 0.15) is 11.6 Å². The molecule has 24 heavy (non-hydrogen) atoms. The Morgan fingerprint density at radius 1 is 1.21 bits per heavy atom.